The number of fused-ring (bicyclic) bond motifs is 7. The van der Waals surface area contributed by atoms with E-state index in [1.54, 1.807) is 0 Å². The summed E-state index contributed by atoms with van der Waals surface area (Å²) in [5.41, 5.74) is 6.69. The molecule has 1 aromatic heterocycles. The smallest absolute Gasteiger partial charge is 0.251 e. The number of nitrogens with zero attached hydrogens (tertiary/aromatic N) is 3. The second-order valence-electron chi connectivity index (χ2n) is 10.9. The number of hydrazine groups is 1. The average Bonchev–Trinajstić information content (AvgIpc) is 3.49. The normalized spacial score (nSPS) is 24.2. The third kappa shape index (κ3) is 2.79. The lowest BCUT2D eigenvalue weighted by atomic mass is 9.63. The Bertz CT molecular complexity index is 1520. The zero-order chi connectivity index (χ0) is 25.4. The maximum Gasteiger partial charge on any atom is 0.251 e. The van der Waals surface area contributed by atoms with Gasteiger partial charge in [-0.15, -0.1) is 0 Å². The van der Waals surface area contributed by atoms with Crippen molar-refractivity contribution in [1.29, 1.82) is 0 Å². The lowest BCUT2D eigenvalue weighted by Gasteiger charge is -2.40. The van der Waals surface area contributed by atoms with E-state index in [1.807, 2.05) is 77.8 Å². The average molecular weight is 493 g/mol. The van der Waals surface area contributed by atoms with Gasteiger partial charge in [-0.25, -0.2) is 9.97 Å². The molecule has 186 valence electrons. The molecule has 1 aliphatic heterocycles. The van der Waals surface area contributed by atoms with E-state index in [9.17, 15) is 4.79 Å². The van der Waals surface area contributed by atoms with Crippen molar-refractivity contribution < 1.29 is 14.3 Å². The van der Waals surface area contributed by atoms with E-state index < -0.39 is 10.8 Å². The van der Waals surface area contributed by atoms with Gasteiger partial charge in [-0.2, -0.15) is 0 Å². The molecule has 0 saturated heterocycles. The molecule has 2 unspecified atom stereocenters. The van der Waals surface area contributed by atoms with Crippen molar-refractivity contribution >= 4 is 28.3 Å². The second kappa shape index (κ2) is 7.44. The first-order valence-electron chi connectivity index (χ1n) is 12.7. The van der Waals surface area contributed by atoms with Crippen LogP contribution in [-0.2, 0) is 15.6 Å². The van der Waals surface area contributed by atoms with Gasteiger partial charge in [0.25, 0.3) is 5.91 Å². The molecule has 7 heteroatoms. The maximum absolute atomic E-state index is 14.6. The largest absolute Gasteiger partial charge is 0.454 e. The zero-order valence-corrected chi connectivity index (χ0v) is 21.1. The maximum atomic E-state index is 14.6. The van der Waals surface area contributed by atoms with Crippen LogP contribution < -0.4 is 19.9 Å². The SMILES string of the molecule is CC12CCC(C(=O)NN(c3ccccc3)c3ccccc3)(c3nc4cc5c(cc4nc31)OCO5)C2(C)C. The number of carbonyl (C=O) groups excluding carboxylic acids is 1. The number of nitrogens with one attached hydrogen (secondary N) is 1. The quantitative estimate of drug-likeness (QED) is 0.376. The van der Waals surface area contributed by atoms with E-state index in [1.165, 1.54) is 0 Å². The molecule has 2 heterocycles. The molecule has 37 heavy (non-hydrogen) atoms. The van der Waals surface area contributed by atoms with Crippen LogP contribution in [0.2, 0.25) is 0 Å². The van der Waals surface area contributed by atoms with E-state index in [0.717, 1.165) is 34.7 Å². The number of para-hydroxylation sites is 2. The van der Waals surface area contributed by atoms with Gasteiger partial charge in [-0.1, -0.05) is 57.2 Å². The van der Waals surface area contributed by atoms with Crippen molar-refractivity contribution in [3.8, 4) is 11.5 Å². The van der Waals surface area contributed by atoms with E-state index in [0.29, 0.717) is 23.4 Å². The number of benzene rings is 3. The zero-order valence-electron chi connectivity index (χ0n) is 21.1. The molecule has 2 bridgehead atoms. The lowest BCUT2D eigenvalue weighted by molar-refractivity contribution is -0.130. The van der Waals surface area contributed by atoms with E-state index in [-0.39, 0.29) is 18.1 Å². The Hall–Kier alpha value is -4.13. The molecule has 0 spiro atoms. The summed E-state index contributed by atoms with van der Waals surface area (Å²) >= 11 is 0. The highest BCUT2D eigenvalue weighted by Crippen LogP contribution is 2.70. The summed E-state index contributed by atoms with van der Waals surface area (Å²) in [6.07, 6.45) is 1.57. The van der Waals surface area contributed by atoms with Crippen molar-refractivity contribution in [1.82, 2.24) is 15.4 Å². The molecule has 3 aliphatic rings. The first-order valence-corrected chi connectivity index (χ1v) is 12.7. The van der Waals surface area contributed by atoms with Crippen molar-refractivity contribution in [3.63, 3.8) is 0 Å². The minimum Gasteiger partial charge on any atom is -0.454 e. The minimum absolute atomic E-state index is 0.0675. The van der Waals surface area contributed by atoms with Gasteiger partial charge >= 0.3 is 0 Å². The number of amides is 1. The van der Waals surface area contributed by atoms with Crippen LogP contribution in [-0.4, -0.2) is 22.7 Å². The standard InChI is InChI=1S/C30H28N4O3/c1-28(2)29(3)14-15-30(28,26-25(29)31-21-16-23-24(37-18-36-23)17-22(21)32-26)27(35)33-34(19-10-6-4-7-11-19)20-12-8-5-9-13-20/h4-13,16-17H,14-15,18H2,1-3H3,(H,33,35). The molecule has 3 aromatic carbocycles. The minimum atomic E-state index is -0.837. The number of anilines is 2. The third-order valence-electron chi connectivity index (χ3n) is 9.16. The summed E-state index contributed by atoms with van der Waals surface area (Å²) in [5.74, 6) is 1.28. The molecule has 1 saturated carbocycles. The Kier molecular flexibility index (Phi) is 4.45. The predicted octanol–water partition coefficient (Wildman–Crippen LogP) is 5.56. The highest BCUT2D eigenvalue weighted by molar-refractivity contribution is 5.95. The van der Waals surface area contributed by atoms with Crippen molar-refractivity contribution in [2.24, 2.45) is 5.41 Å². The second-order valence-corrected chi connectivity index (χ2v) is 10.9. The van der Waals surface area contributed by atoms with Crippen LogP contribution in [0, 0.1) is 5.41 Å². The molecular weight excluding hydrogens is 464 g/mol. The molecule has 1 N–H and O–H groups in total. The molecule has 2 aliphatic carbocycles. The summed E-state index contributed by atoms with van der Waals surface area (Å²) < 4.78 is 11.2. The molecule has 4 aromatic rings. The fourth-order valence-corrected chi connectivity index (χ4v) is 6.63. The first-order chi connectivity index (χ1) is 17.8. The molecule has 1 fully saturated rings. The predicted molar refractivity (Wildman–Crippen MR) is 141 cm³/mol. The van der Waals surface area contributed by atoms with Gasteiger partial charge in [0.2, 0.25) is 6.79 Å². The van der Waals surface area contributed by atoms with Crippen LogP contribution >= 0.6 is 0 Å². The summed E-state index contributed by atoms with van der Waals surface area (Å²) in [7, 11) is 0. The molecule has 7 nitrogen and oxygen atoms in total. The Labute approximate surface area is 215 Å². The topological polar surface area (TPSA) is 76.6 Å². The first kappa shape index (κ1) is 22.1. The number of hydrogen-bond donors (Lipinski definition) is 1. The summed E-state index contributed by atoms with van der Waals surface area (Å²) in [6.45, 7) is 6.80. The summed E-state index contributed by atoms with van der Waals surface area (Å²) in [6, 6.07) is 23.6. The fraction of sp³-hybridized carbons (Fsp3) is 0.300. The van der Waals surface area contributed by atoms with Crippen LogP contribution in [0.4, 0.5) is 11.4 Å². The van der Waals surface area contributed by atoms with Crippen LogP contribution in [0.15, 0.2) is 72.8 Å². The van der Waals surface area contributed by atoms with E-state index in [4.69, 9.17) is 19.4 Å². The monoisotopic (exact) mass is 492 g/mol. The number of rotatable bonds is 4. The van der Waals surface area contributed by atoms with Gasteiger partial charge in [-0.3, -0.25) is 15.2 Å². The molecular formula is C30H28N4O3. The number of hydrogen-bond acceptors (Lipinski definition) is 6. The van der Waals surface area contributed by atoms with Crippen LogP contribution in [0.3, 0.4) is 0 Å². The van der Waals surface area contributed by atoms with Crippen LogP contribution in [0.5, 0.6) is 11.5 Å². The van der Waals surface area contributed by atoms with Gasteiger partial charge in [0.05, 0.1) is 33.8 Å². The van der Waals surface area contributed by atoms with Crippen LogP contribution in [0.25, 0.3) is 11.0 Å². The molecule has 2 atom stereocenters. The molecule has 7 rings (SSSR count). The van der Waals surface area contributed by atoms with Crippen molar-refractivity contribution in [2.45, 2.75) is 44.4 Å². The van der Waals surface area contributed by atoms with Gasteiger partial charge < -0.3 is 9.47 Å². The third-order valence-corrected chi connectivity index (χ3v) is 9.16. The molecule has 0 radical (unpaired) electrons. The van der Waals surface area contributed by atoms with Gasteiger partial charge in [-0.05, 0) is 42.5 Å². The van der Waals surface area contributed by atoms with Gasteiger partial charge in [0, 0.05) is 17.5 Å². The molecule has 1 amide bonds. The highest BCUT2D eigenvalue weighted by Gasteiger charge is 2.73. The van der Waals surface area contributed by atoms with Crippen molar-refractivity contribution in [3.05, 3.63) is 84.2 Å². The van der Waals surface area contributed by atoms with E-state index >= 15 is 0 Å². The van der Waals surface area contributed by atoms with Gasteiger partial charge in [0.15, 0.2) is 11.5 Å². The van der Waals surface area contributed by atoms with E-state index in [2.05, 4.69) is 26.2 Å². The van der Waals surface area contributed by atoms with Gasteiger partial charge in [0.1, 0.15) is 5.41 Å². The number of ether oxygens (including phenoxy) is 2. The fourth-order valence-electron chi connectivity index (χ4n) is 6.63. The Morgan fingerprint density at radius 1 is 0.811 bits per heavy atom. The number of carbonyl (C=O) groups is 1. The Balaban J connectivity index is 1.38. The summed E-state index contributed by atoms with van der Waals surface area (Å²) in [4.78, 5) is 24.8. The number of aromatic nitrogens is 2. The summed E-state index contributed by atoms with van der Waals surface area (Å²) in [5, 5.41) is 1.87. The Morgan fingerprint density at radius 2 is 1.35 bits per heavy atom. The lowest BCUT2D eigenvalue weighted by Crippen LogP contribution is -2.55. The van der Waals surface area contributed by atoms with Crippen LogP contribution in [0.1, 0.15) is 45.0 Å². The highest BCUT2D eigenvalue weighted by atomic mass is 16.7. The Morgan fingerprint density at radius 3 is 1.92 bits per heavy atom. The van der Waals surface area contributed by atoms with Crippen molar-refractivity contribution in [2.75, 3.05) is 11.8 Å².